The minimum Gasteiger partial charge on any atom is -0.474 e. The maximum Gasteiger partial charge on any atom is 0.338 e. The van der Waals surface area contributed by atoms with Crippen LogP contribution in [0.3, 0.4) is 0 Å². The highest BCUT2D eigenvalue weighted by atomic mass is 16.6. The fourth-order valence-corrected chi connectivity index (χ4v) is 4.41. The van der Waals surface area contributed by atoms with Gasteiger partial charge in [-0.1, -0.05) is 35.4 Å². The van der Waals surface area contributed by atoms with Crippen LogP contribution in [0.25, 0.3) is 11.2 Å². The highest BCUT2D eigenvalue weighted by Crippen LogP contribution is 2.35. The lowest BCUT2D eigenvalue weighted by molar-refractivity contribution is -0.0563. The number of hydrogen-bond acceptors (Lipinski definition) is 11. The van der Waals surface area contributed by atoms with Gasteiger partial charge in [-0.2, -0.15) is 9.97 Å². The molecule has 0 unspecified atom stereocenters. The molecule has 4 aromatic rings. The first-order valence-corrected chi connectivity index (χ1v) is 13.1. The summed E-state index contributed by atoms with van der Waals surface area (Å²) in [7, 11) is 1.57. The topological polar surface area (TPSA) is 150 Å². The summed E-state index contributed by atoms with van der Waals surface area (Å²) >= 11 is 0. The van der Waals surface area contributed by atoms with Gasteiger partial charge in [0.1, 0.15) is 31.6 Å². The molecule has 12 heteroatoms. The Bertz CT molecular complexity index is 1520. The molecule has 0 spiro atoms. The number of nitrogen functional groups attached to an aromatic ring is 1. The number of methoxy groups -OCH3 is 1. The third kappa shape index (κ3) is 6.44. The first-order valence-electron chi connectivity index (χ1n) is 13.1. The second-order valence-corrected chi connectivity index (χ2v) is 9.69. The number of nitrogens with zero attached hydrogens (tertiary/aromatic N) is 4. The number of benzene rings is 2. The summed E-state index contributed by atoms with van der Waals surface area (Å²) in [5, 5.41) is 0. The number of carbonyl (C=O) groups is 2. The average molecular weight is 562 g/mol. The summed E-state index contributed by atoms with van der Waals surface area (Å²) in [6, 6.07) is 14.1. The molecule has 12 nitrogen and oxygen atoms in total. The Balaban J connectivity index is 1.37. The molecule has 3 atom stereocenters. The first kappa shape index (κ1) is 28.0. The Labute approximate surface area is 236 Å². The van der Waals surface area contributed by atoms with Gasteiger partial charge in [-0.25, -0.2) is 14.6 Å². The number of anilines is 1. The summed E-state index contributed by atoms with van der Waals surface area (Å²) in [4.78, 5) is 38.6. The predicted molar refractivity (Wildman–Crippen MR) is 147 cm³/mol. The number of rotatable bonds is 10. The zero-order chi connectivity index (χ0) is 28.9. The molecule has 0 aliphatic carbocycles. The minimum absolute atomic E-state index is 0.00408. The van der Waals surface area contributed by atoms with Crippen molar-refractivity contribution in [3.63, 3.8) is 0 Å². The van der Waals surface area contributed by atoms with Crippen LogP contribution in [-0.2, 0) is 18.9 Å². The molecule has 5 rings (SSSR count). The van der Waals surface area contributed by atoms with E-state index in [-0.39, 0.29) is 31.5 Å². The summed E-state index contributed by atoms with van der Waals surface area (Å²) in [5.74, 6) is -0.806. The molecule has 0 amide bonds. The molecule has 41 heavy (non-hydrogen) atoms. The van der Waals surface area contributed by atoms with Crippen LogP contribution in [0.2, 0.25) is 0 Å². The molecule has 0 radical (unpaired) electrons. The van der Waals surface area contributed by atoms with Gasteiger partial charge in [0, 0.05) is 13.5 Å². The van der Waals surface area contributed by atoms with Crippen molar-refractivity contribution in [2.45, 2.75) is 38.7 Å². The van der Waals surface area contributed by atoms with E-state index in [0.29, 0.717) is 28.9 Å². The van der Waals surface area contributed by atoms with Crippen molar-refractivity contribution in [2.75, 3.05) is 32.7 Å². The number of fused-ring (bicyclic) bond motifs is 1. The van der Waals surface area contributed by atoms with Crippen LogP contribution in [0.4, 0.5) is 5.95 Å². The van der Waals surface area contributed by atoms with E-state index >= 15 is 0 Å². The van der Waals surface area contributed by atoms with Crippen LogP contribution in [-0.4, -0.2) is 70.6 Å². The van der Waals surface area contributed by atoms with Crippen LogP contribution in [0.1, 0.15) is 44.5 Å². The van der Waals surface area contributed by atoms with Crippen molar-refractivity contribution >= 4 is 29.1 Å². The van der Waals surface area contributed by atoms with Crippen LogP contribution >= 0.6 is 0 Å². The summed E-state index contributed by atoms with van der Waals surface area (Å²) < 4.78 is 30.1. The lowest BCUT2D eigenvalue weighted by Crippen LogP contribution is -2.32. The Morgan fingerprint density at radius 2 is 1.63 bits per heavy atom. The van der Waals surface area contributed by atoms with Gasteiger partial charge in [0.15, 0.2) is 11.2 Å². The Kier molecular flexibility index (Phi) is 8.41. The number of imidazole rings is 1. The second-order valence-electron chi connectivity index (χ2n) is 9.69. The Morgan fingerprint density at radius 3 is 2.29 bits per heavy atom. The SMILES string of the molecule is COCCOc1nc(N)nc2c1ncn2[C@H]1C[C@H](OC(=O)c2ccc(C)cc2)[C@@H](COC(=O)c2ccc(C)cc2)O1. The highest BCUT2D eigenvalue weighted by Gasteiger charge is 2.41. The van der Waals surface area contributed by atoms with Gasteiger partial charge in [0.25, 0.3) is 0 Å². The number of esters is 2. The lowest BCUT2D eigenvalue weighted by atomic mass is 10.1. The van der Waals surface area contributed by atoms with E-state index in [1.807, 2.05) is 38.1 Å². The number of carbonyl (C=O) groups excluding carboxylic acids is 2. The summed E-state index contributed by atoms with van der Waals surface area (Å²) in [6.45, 7) is 4.34. The van der Waals surface area contributed by atoms with E-state index in [1.54, 1.807) is 35.9 Å². The second kappa shape index (κ2) is 12.3. The van der Waals surface area contributed by atoms with E-state index in [0.717, 1.165) is 11.1 Å². The standard InChI is InChI=1S/C29H31N5O7/c1-17-4-8-19(9-5-17)27(35)39-15-22-21(41-28(36)20-10-6-18(2)7-11-20)14-23(40-22)34-16-31-24-25(34)32-29(30)33-26(24)38-13-12-37-3/h4-11,16,21-23H,12-15H2,1-3H3,(H2,30,32,33)/t21-,22+,23+/m0/s1. The van der Waals surface area contributed by atoms with Gasteiger partial charge in [-0.15, -0.1) is 0 Å². The molecular formula is C29H31N5O7. The molecule has 0 bridgehead atoms. The van der Waals surface area contributed by atoms with E-state index < -0.39 is 30.4 Å². The van der Waals surface area contributed by atoms with E-state index in [1.165, 1.54) is 6.33 Å². The molecule has 1 fully saturated rings. The van der Waals surface area contributed by atoms with Crippen LogP contribution in [0.5, 0.6) is 5.88 Å². The minimum atomic E-state index is -0.752. The van der Waals surface area contributed by atoms with Gasteiger partial charge in [0.2, 0.25) is 11.8 Å². The summed E-state index contributed by atoms with van der Waals surface area (Å²) in [6.07, 6.45) is -0.349. The molecule has 3 heterocycles. The average Bonchev–Trinajstić information content (AvgIpc) is 3.56. The molecular weight excluding hydrogens is 530 g/mol. The molecule has 214 valence electrons. The molecule has 1 aliphatic heterocycles. The molecule has 0 saturated carbocycles. The van der Waals surface area contributed by atoms with Gasteiger partial charge in [0.05, 0.1) is 24.1 Å². The third-order valence-corrected chi connectivity index (χ3v) is 6.64. The molecule has 1 aliphatic rings. The van der Waals surface area contributed by atoms with Crippen LogP contribution in [0.15, 0.2) is 54.9 Å². The van der Waals surface area contributed by atoms with Crippen molar-refractivity contribution in [1.82, 2.24) is 19.5 Å². The third-order valence-electron chi connectivity index (χ3n) is 6.64. The fraction of sp³-hybridized carbons (Fsp3) is 0.345. The maximum atomic E-state index is 13.0. The Morgan fingerprint density at radius 1 is 0.976 bits per heavy atom. The number of aromatic nitrogens is 4. The Hall–Kier alpha value is -4.55. The number of aryl methyl sites for hydroxylation is 2. The predicted octanol–water partition coefficient (Wildman–Crippen LogP) is 3.42. The van der Waals surface area contributed by atoms with E-state index in [4.69, 9.17) is 29.4 Å². The fourth-order valence-electron chi connectivity index (χ4n) is 4.41. The number of nitrogens with two attached hydrogens (primary N) is 1. The van der Waals surface area contributed by atoms with Crippen LogP contribution < -0.4 is 10.5 Å². The van der Waals surface area contributed by atoms with Crippen molar-refractivity contribution in [3.05, 3.63) is 77.1 Å². The lowest BCUT2D eigenvalue weighted by Gasteiger charge is -2.19. The van der Waals surface area contributed by atoms with Crippen molar-refractivity contribution in [1.29, 1.82) is 0 Å². The van der Waals surface area contributed by atoms with E-state index in [2.05, 4.69) is 15.0 Å². The zero-order valence-corrected chi connectivity index (χ0v) is 23.0. The molecule has 2 aromatic carbocycles. The van der Waals surface area contributed by atoms with Crippen molar-refractivity contribution in [3.8, 4) is 5.88 Å². The maximum absolute atomic E-state index is 13.0. The van der Waals surface area contributed by atoms with Crippen LogP contribution in [0, 0.1) is 13.8 Å². The highest BCUT2D eigenvalue weighted by molar-refractivity contribution is 5.90. The van der Waals surface area contributed by atoms with Gasteiger partial charge >= 0.3 is 11.9 Å². The number of ether oxygens (including phenoxy) is 5. The monoisotopic (exact) mass is 561 g/mol. The van der Waals surface area contributed by atoms with Gasteiger partial charge < -0.3 is 29.4 Å². The number of hydrogen-bond donors (Lipinski definition) is 1. The summed E-state index contributed by atoms with van der Waals surface area (Å²) in [5.41, 5.74) is 9.59. The zero-order valence-electron chi connectivity index (χ0n) is 23.0. The smallest absolute Gasteiger partial charge is 0.338 e. The van der Waals surface area contributed by atoms with Gasteiger partial charge in [-0.3, -0.25) is 4.57 Å². The molecule has 2 N–H and O–H groups in total. The van der Waals surface area contributed by atoms with Crippen molar-refractivity contribution < 1.29 is 33.3 Å². The molecule has 1 saturated heterocycles. The van der Waals surface area contributed by atoms with Gasteiger partial charge in [-0.05, 0) is 38.1 Å². The quantitative estimate of drug-likeness (QED) is 0.224. The normalized spacial score (nSPS) is 18.4. The largest absolute Gasteiger partial charge is 0.474 e. The first-order chi connectivity index (χ1) is 19.8. The molecule has 2 aromatic heterocycles. The van der Waals surface area contributed by atoms with Crippen molar-refractivity contribution in [2.24, 2.45) is 0 Å². The van der Waals surface area contributed by atoms with E-state index in [9.17, 15) is 9.59 Å².